The van der Waals surface area contributed by atoms with Gasteiger partial charge in [-0.25, -0.2) is 0 Å². The lowest BCUT2D eigenvalue weighted by atomic mass is 9.95. The van der Waals surface area contributed by atoms with Crippen LogP contribution in [0.3, 0.4) is 0 Å². The van der Waals surface area contributed by atoms with Crippen LogP contribution < -0.4 is 27.0 Å². The molecule has 12 nitrogen and oxygen atoms in total. The Bertz CT molecular complexity index is 1010. The van der Waals surface area contributed by atoms with Gasteiger partial charge in [0.05, 0.1) is 33.0 Å². The Morgan fingerprint density at radius 1 is 1.00 bits per heavy atom. The third-order valence-corrected chi connectivity index (χ3v) is 6.63. The van der Waals surface area contributed by atoms with Crippen LogP contribution in [0.1, 0.15) is 36.0 Å². The van der Waals surface area contributed by atoms with E-state index in [1.54, 1.807) is 18.2 Å². The lowest BCUT2D eigenvalue weighted by Crippen LogP contribution is -2.28. The van der Waals surface area contributed by atoms with Crippen LogP contribution in [0, 0.1) is 11.8 Å². The summed E-state index contributed by atoms with van der Waals surface area (Å²) in [6, 6.07) is 7.49. The van der Waals surface area contributed by atoms with E-state index in [1.807, 2.05) is 6.07 Å². The van der Waals surface area contributed by atoms with Gasteiger partial charge in [0, 0.05) is 36.9 Å². The normalized spacial score (nSPS) is 20.1. The number of aliphatic hydroxyl groups excluding tert-OH is 1. The van der Waals surface area contributed by atoms with Gasteiger partial charge in [-0.1, -0.05) is 12.5 Å². The summed E-state index contributed by atoms with van der Waals surface area (Å²) >= 11 is 0. The molecule has 3 unspecified atom stereocenters. The smallest absolute Gasteiger partial charge is 0.251 e. The third-order valence-electron chi connectivity index (χ3n) is 6.63. The molecule has 0 spiro atoms. The summed E-state index contributed by atoms with van der Waals surface area (Å²) in [5.41, 5.74) is 6.54. The van der Waals surface area contributed by atoms with Gasteiger partial charge in [0.2, 0.25) is 17.8 Å². The van der Waals surface area contributed by atoms with Crippen LogP contribution in [0.4, 0.5) is 23.5 Å². The van der Waals surface area contributed by atoms with Crippen molar-refractivity contribution in [1.29, 1.82) is 0 Å². The minimum Gasteiger partial charge on any atom is -0.395 e. The quantitative estimate of drug-likeness (QED) is 0.179. The van der Waals surface area contributed by atoms with Crippen molar-refractivity contribution in [2.45, 2.75) is 31.7 Å². The summed E-state index contributed by atoms with van der Waals surface area (Å²) in [5, 5.41) is 21.7. The van der Waals surface area contributed by atoms with Crippen LogP contribution in [0.2, 0.25) is 0 Å². The Morgan fingerprint density at radius 3 is 2.57 bits per heavy atom. The molecular weight excluding hydrogens is 476 g/mol. The molecule has 202 valence electrons. The second-order valence-corrected chi connectivity index (χ2v) is 9.36. The van der Waals surface area contributed by atoms with Gasteiger partial charge >= 0.3 is 0 Å². The molecule has 0 radical (unpaired) electrons. The van der Waals surface area contributed by atoms with E-state index in [0.717, 1.165) is 12.3 Å². The number of aromatic nitrogens is 3. The molecule has 4 rings (SSSR count). The maximum atomic E-state index is 12.6. The summed E-state index contributed by atoms with van der Waals surface area (Å²) in [4.78, 5) is 26.1. The van der Waals surface area contributed by atoms with Crippen LogP contribution >= 0.6 is 0 Å². The number of ether oxygens (including phenoxy) is 2. The fraction of sp³-hybridized carbons (Fsp3) is 0.600. The molecule has 1 heterocycles. The highest BCUT2D eigenvalue weighted by atomic mass is 16.5. The van der Waals surface area contributed by atoms with Crippen LogP contribution in [0.5, 0.6) is 0 Å². The van der Waals surface area contributed by atoms with Gasteiger partial charge in [-0.15, -0.1) is 0 Å². The van der Waals surface area contributed by atoms with Gasteiger partial charge in [-0.3, -0.25) is 4.79 Å². The van der Waals surface area contributed by atoms with E-state index < -0.39 is 0 Å². The monoisotopic (exact) mass is 514 g/mol. The standard InChI is InChI=1S/C25H38N8O4/c26-6-10-36-12-13-37-11-8-27-22(35)19-2-1-3-20(16-19)29-24-31-23(28-7-9-34)32-25(33-24)30-21-15-17-4-5-18(21)14-17/h1-3,16-18,21,34H,4-15,26H2,(H,27,35)(H3,28,29,30,31,32,33). The fourth-order valence-electron chi connectivity index (χ4n) is 4.94. The number of nitrogens with two attached hydrogens (primary N) is 1. The Labute approximate surface area is 217 Å². The van der Waals surface area contributed by atoms with E-state index in [1.165, 1.54) is 19.3 Å². The number of hydrogen-bond acceptors (Lipinski definition) is 11. The van der Waals surface area contributed by atoms with Crippen molar-refractivity contribution in [1.82, 2.24) is 20.3 Å². The number of fused-ring (bicyclic) bond motifs is 2. The number of aliphatic hydroxyl groups is 1. The van der Waals surface area contributed by atoms with Crippen LogP contribution in [-0.2, 0) is 9.47 Å². The number of hydrogen-bond donors (Lipinski definition) is 6. The molecular formula is C25H38N8O4. The number of amides is 1. The van der Waals surface area contributed by atoms with E-state index in [4.69, 9.17) is 15.2 Å². The topological polar surface area (TPSA) is 169 Å². The van der Waals surface area contributed by atoms with Crippen molar-refractivity contribution in [2.75, 3.05) is 68.6 Å². The molecule has 2 saturated carbocycles. The van der Waals surface area contributed by atoms with E-state index in [2.05, 4.69) is 36.2 Å². The molecule has 2 bridgehead atoms. The van der Waals surface area contributed by atoms with E-state index >= 15 is 0 Å². The summed E-state index contributed by atoms with van der Waals surface area (Å²) < 4.78 is 10.7. The molecule has 2 aromatic rings. The zero-order valence-corrected chi connectivity index (χ0v) is 21.1. The van der Waals surface area contributed by atoms with Gasteiger partial charge in [0.1, 0.15) is 0 Å². The number of rotatable bonds is 16. The lowest BCUT2D eigenvalue weighted by Gasteiger charge is -2.23. The predicted octanol–water partition coefficient (Wildman–Crippen LogP) is 1.34. The van der Waals surface area contributed by atoms with Gasteiger partial charge in [0.25, 0.3) is 5.91 Å². The molecule has 3 atom stereocenters. The van der Waals surface area contributed by atoms with Crippen LogP contribution in [0.25, 0.3) is 0 Å². The molecule has 2 aliphatic carbocycles. The van der Waals surface area contributed by atoms with Crippen molar-refractivity contribution < 1.29 is 19.4 Å². The average molecular weight is 515 g/mol. The molecule has 12 heteroatoms. The minimum absolute atomic E-state index is 0.0339. The molecule has 2 aliphatic rings. The Balaban J connectivity index is 1.33. The van der Waals surface area contributed by atoms with E-state index in [-0.39, 0.29) is 12.5 Å². The van der Waals surface area contributed by atoms with Crippen molar-refractivity contribution >= 4 is 29.4 Å². The van der Waals surface area contributed by atoms with Crippen LogP contribution in [0.15, 0.2) is 24.3 Å². The SMILES string of the molecule is NCCOCCOCCNC(=O)c1cccc(Nc2nc(NCCO)nc(NC3CC4CCC3C4)n2)c1. The van der Waals surface area contributed by atoms with E-state index in [0.29, 0.717) is 87.1 Å². The first-order valence-electron chi connectivity index (χ1n) is 13.0. The second kappa shape index (κ2) is 14.0. The number of nitrogens with zero attached hydrogens (tertiary/aromatic N) is 3. The highest BCUT2D eigenvalue weighted by molar-refractivity contribution is 5.95. The molecule has 1 aromatic carbocycles. The maximum absolute atomic E-state index is 12.6. The summed E-state index contributed by atoms with van der Waals surface area (Å²) in [6.07, 6.45) is 4.98. The summed E-state index contributed by atoms with van der Waals surface area (Å²) in [6.45, 7) is 3.00. The first-order valence-corrected chi connectivity index (χ1v) is 13.0. The number of anilines is 4. The van der Waals surface area contributed by atoms with E-state index in [9.17, 15) is 9.90 Å². The first kappa shape index (κ1) is 27.0. The molecule has 1 aromatic heterocycles. The Kier molecular flexibility index (Phi) is 10.2. The highest BCUT2D eigenvalue weighted by Gasteiger charge is 2.39. The minimum atomic E-state index is -0.203. The van der Waals surface area contributed by atoms with Gasteiger partial charge in [-0.2, -0.15) is 15.0 Å². The largest absolute Gasteiger partial charge is 0.395 e. The van der Waals surface area contributed by atoms with Crippen molar-refractivity contribution in [3.8, 4) is 0 Å². The number of nitrogens with one attached hydrogen (secondary N) is 4. The third kappa shape index (κ3) is 8.22. The summed E-state index contributed by atoms with van der Waals surface area (Å²) in [5.74, 6) is 2.48. The fourth-order valence-corrected chi connectivity index (χ4v) is 4.94. The number of benzene rings is 1. The second-order valence-electron chi connectivity index (χ2n) is 9.36. The number of carbonyl (C=O) groups is 1. The van der Waals surface area contributed by atoms with Gasteiger partial charge in [0.15, 0.2) is 0 Å². The predicted molar refractivity (Wildman–Crippen MR) is 141 cm³/mol. The summed E-state index contributed by atoms with van der Waals surface area (Å²) in [7, 11) is 0. The van der Waals surface area contributed by atoms with Crippen molar-refractivity contribution in [3.05, 3.63) is 29.8 Å². The average Bonchev–Trinajstić information content (AvgIpc) is 3.52. The molecule has 37 heavy (non-hydrogen) atoms. The van der Waals surface area contributed by atoms with Gasteiger partial charge < -0.3 is 41.6 Å². The molecule has 2 fully saturated rings. The zero-order valence-electron chi connectivity index (χ0n) is 21.1. The van der Waals surface area contributed by atoms with Crippen LogP contribution in [-0.4, -0.2) is 84.7 Å². The highest BCUT2D eigenvalue weighted by Crippen LogP contribution is 2.45. The lowest BCUT2D eigenvalue weighted by molar-refractivity contribution is 0.0511. The first-order chi connectivity index (χ1) is 18.1. The zero-order chi connectivity index (χ0) is 25.9. The Morgan fingerprint density at radius 2 is 1.81 bits per heavy atom. The van der Waals surface area contributed by atoms with Crippen molar-refractivity contribution in [2.24, 2.45) is 17.6 Å². The van der Waals surface area contributed by atoms with Gasteiger partial charge in [-0.05, 0) is 49.3 Å². The molecule has 0 saturated heterocycles. The molecule has 7 N–H and O–H groups in total. The number of carbonyl (C=O) groups excluding carboxylic acids is 1. The molecule has 1 amide bonds. The molecule has 0 aliphatic heterocycles. The Hall–Kier alpha value is -3.06. The van der Waals surface area contributed by atoms with Crippen molar-refractivity contribution in [3.63, 3.8) is 0 Å². The maximum Gasteiger partial charge on any atom is 0.251 e.